The molecule has 2 heterocycles. The predicted molar refractivity (Wildman–Crippen MR) is 74.6 cm³/mol. The molecule has 2 unspecified atom stereocenters. The van der Waals surface area contributed by atoms with Crippen LogP contribution in [0.25, 0.3) is 0 Å². The molecule has 7 heteroatoms. The average Bonchev–Trinajstić information content (AvgIpc) is 3.22. The molecule has 1 fully saturated rings. The molecule has 2 aliphatic rings. The maximum atomic E-state index is 6.37. The second-order valence-corrected chi connectivity index (χ2v) is 6.37. The number of benzene rings is 1. The number of tetrazole rings is 1. The topological polar surface area (TPSA) is 78.8 Å². The molecule has 0 bridgehead atoms. The van der Waals surface area contributed by atoms with E-state index < -0.39 is 0 Å². The van der Waals surface area contributed by atoms with Gasteiger partial charge < -0.3 is 10.5 Å². The van der Waals surface area contributed by atoms with Crippen molar-refractivity contribution in [2.24, 2.45) is 5.73 Å². The Morgan fingerprint density at radius 3 is 3.00 bits per heavy atom. The van der Waals surface area contributed by atoms with Gasteiger partial charge in [-0.2, -0.15) is 0 Å². The van der Waals surface area contributed by atoms with Gasteiger partial charge in [-0.3, -0.25) is 0 Å². The number of nitrogens with two attached hydrogens (primary N) is 1. The van der Waals surface area contributed by atoms with Crippen molar-refractivity contribution < 1.29 is 4.74 Å². The summed E-state index contributed by atoms with van der Waals surface area (Å²) in [6, 6.07) is 8.35. The van der Waals surface area contributed by atoms with E-state index in [2.05, 4.69) is 15.5 Å². The molecule has 2 aromatic rings. The van der Waals surface area contributed by atoms with Crippen LogP contribution in [-0.4, -0.2) is 32.1 Å². The molecule has 1 aliphatic carbocycles. The van der Waals surface area contributed by atoms with Crippen molar-refractivity contribution in [1.29, 1.82) is 0 Å². The summed E-state index contributed by atoms with van der Waals surface area (Å²) in [5, 5.41) is 12.9. The third kappa shape index (κ3) is 2.06. The molecule has 1 aliphatic heterocycles. The highest BCUT2D eigenvalue weighted by Gasteiger charge is 2.33. The van der Waals surface area contributed by atoms with Crippen molar-refractivity contribution in [3.05, 3.63) is 29.8 Å². The summed E-state index contributed by atoms with van der Waals surface area (Å²) in [5.41, 5.74) is 7.43. The Hall–Kier alpha value is -1.60. The van der Waals surface area contributed by atoms with Crippen LogP contribution in [-0.2, 0) is 0 Å². The van der Waals surface area contributed by atoms with Crippen LogP contribution < -0.4 is 10.5 Å². The summed E-state index contributed by atoms with van der Waals surface area (Å²) in [6.07, 6.45) is 2.32. The van der Waals surface area contributed by atoms with Crippen LogP contribution in [0.15, 0.2) is 29.4 Å². The zero-order valence-corrected chi connectivity index (χ0v) is 11.7. The Labute approximate surface area is 120 Å². The number of hydrogen-bond donors (Lipinski definition) is 1. The van der Waals surface area contributed by atoms with Crippen molar-refractivity contribution in [1.82, 2.24) is 20.2 Å². The number of aromatic nitrogens is 4. The number of nitrogens with zero attached hydrogens (tertiary/aromatic N) is 4. The Kier molecular flexibility index (Phi) is 2.89. The van der Waals surface area contributed by atoms with Crippen molar-refractivity contribution in [3.8, 4) is 5.75 Å². The molecule has 2 atom stereocenters. The predicted octanol–water partition coefficient (Wildman–Crippen LogP) is 1.56. The highest BCUT2D eigenvalue weighted by Crippen LogP contribution is 2.41. The van der Waals surface area contributed by atoms with Crippen LogP contribution in [0.1, 0.15) is 30.5 Å². The number of rotatable bonds is 3. The molecular weight excluding hydrogens is 274 g/mol. The first-order chi connectivity index (χ1) is 9.83. The van der Waals surface area contributed by atoms with Gasteiger partial charge in [-0.05, 0) is 29.3 Å². The van der Waals surface area contributed by atoms with E-state index in [0.29, 0.717) is 12.6 Å². The zero-order valence-electron chi connectivity index (χ0n) is 10.8. The van der Waals surface area contributed by atoms with Gasteiger partial charge in [0.25, 0.3) is 0 Å². The van der Waals surface area contributed by atoms with Gasteiger partial charge in [0.2, 0.25) is 5.16 Å². The second kappa shape index (κ2) is 4.75. The van der Waals surface area contributed by atoms with E-state index in [1.807, 2.05) is 28.9 Å². The van der Waals surface area contributed by atoms with E-state index in [9.17, 15) is 0 Å². The molecular formula is C13H15N5OS. The monoisotopic (exact) mass is 289 g/mol. The van der Waals surface area contributed by atoms with Gasteiger partial charge in [0.05, 0.1) is 11.3 Å². The Balaban J connectivity index is 1.56. The third-order valence-corrected chi connectivity index (χ3v) is 4.91. The van der Waals surface area contributed by atoms with Crippen LogP contribution in [0.2, 0.25) is 0 Å². The third-order valence-electron chi connectivity index (χ3n) is 3.69. The lowest BCUT2D eigenvalue weighted by Gasteiger charge is -2.30. The standard InChI is InChI=1S/C13H15N5OS/c14-12-9-3-1-2-4-10(9)19-7-11(12)20-13-15-16-17-18(13)8-5-6-8/h1-4,8,11-12H,5-7,14H2. The highest BCUT2D eigenvalue weighted by molar-refractivity contribution is 7.99. The van der Waals surface area contributed by atoms with Crippen LogP contribution >= 0.6 is 11.8 Å². The maximum Gasteiger partial charge on any atom is 0.210 e. The first-order valence-corrected chi connectivity index (χ1v) is 7.63. The van der Waals surface area contributed by atoms with E-state index in [1.165, 1.54) is 0 Å². The first kappa shape index (κ1) is 12.2. The fourth-order valence-corrected chi connectivity index (χ4v) is 3.49. The highest BCUT2D eigenvalue weighted by atomic mass is 32.2. The number of fused-ring (bicyclic) bond motifs is 1. The largest absolute Gasteiger partial charge is 0.492 e. The molecule has 104 valence electrons. The summed E-state index contributed by atoms with van der Waals surface area (Å²) in [6.45, 7) is 0.584. The van der Waals surface area contributed by atoms with Crippen molar-refractivity contribution in [2.45, 2.75) is 35.3 Å². The molecule has 1 aromatic heterocycles. The Morgan fingerprint density at radius 2 is 2.15 bits per heavy atom. The first-order valence-electron chi connectivity index (χ1n) is 6.75. The minimum absolute atomic E-state index is 0.0608. The van der Waals surface area contributed by atoms with E-state index >= 15 is 0 Å². The lowest BCUT2D eigenvalue weighted by molar-refractivity contribution is 0.275. The van der Waals surface area contributed by atoms with Crippen molar-refractivity contribution in [3.63, 3.8) is 0 Å². The number of para-hydroxylation sites is 1. The summed E-state index contributed by atoms with van der Waals surface area (Å²) < 4.78 is 7.71. The summed E-state index contributed by atoms with van der Waals surface area (Å²) in [7, 11) is 0. The van der Waals surface area contributed by atoms with Gasteiger partial charge >= 0.3 is 0 Å². The van der Waals surface area contributed by atoms with E-state index in [0.717, 1.165) is 29.3 Å². The molecule has 4 rings (SSSR count). The molecule has 1 aromatic carbocycles. The normalized spacial score (nSPS) is 25.1. The quantitative estimate of drug-likeness (QED) is 0.924. The van der Waals surface area contributed by atoms with Crippen molar-refractivity contribution in [2.75, 3.05) is 6.61 Å². The molecule has 6 nitrogen and oxygen atoms in total. The van der Waals surface area contributed by atoms with Gasteiger partial charge in [0.1, 0.15) is 12.4 Å². The van der Waals surface area contributed by atoms with Gasteiger partial charge in [0, 0.05) is 11.6 Å². The molecule has 0 saturated heterocycles. The van der Waals surface area contributed by atoms with Gasteiger partial charge in [0.15, 0.2) is 0 Å². The molecule has 2 N–H and O–H groups in total. The molecule has 1 saturated carbocycles. The molecule has 0 radical (unpaired) electrons. The minimum atomic E-state index is -0.0608. The maximum absolute atomic E-state index is 6.37. The Morgan fingerprint density at radius 1 is 1.30 bits per heavy atom. The number of thioether (sulfide) groups is 1. The number of hydrogen-bond acceptors (Lipinski definition) is 6. The van der Waals surface area contributed by atoms with Crippen LogP contribution in [0.3, 0.4) is 0 Å². The second-order valence-electron chi connectivity index (χ2n) is 5.17. The fourth-order valence-electron chi connectivity index (χ4n) is 2.42. The molecule has 20 heavy (non-hydrogen) atoms. The van der Waals surface area contributed by atoms with E-state index in [-0.39, 0.29) is 11.3 Å². The zero-order chi connectivity index (χ0) is 13.5. The Bertz CT molecular complexity index is 627. The lowest BCUT2D eigenvalue weighted by atomic mass is 10.0. The van der Waals surface area contributed by atoms with Crippen molar-refractivity contribution >= 4 is 11.8 Å². The fraction of sp³-hybridized carbons (Fsp3) is 0.462. The van der Waals surface area contributed by atoms with E-state index in [4.69, 9.17) is 10.5 Å². The molecule has 0 spiro atoms. The van der Waals surface area contributed by atoms with Crippen LogP contribution in [0.4, 0.5) is 0 Å². The summed E-state index contributed by atoms with van der Waals surface area (Å²) in [5.74, 6) is 0.888. The van der Waals surface area contributed by atoms with Crippen LogP contribution in [0.5, 0.6) is 5.75 Å². The van der Waals surface area contributed by atoms with Crippen LogP contribution in [0, 0.1) is 0 Å². The summed E-state index contributed by atoms with van der Waals surface area (Å²) >= 11 is 1.61. The number of ether oxygens (including phenoxy) is 1. The van der Waals surface area contributed by atoms with Gasteiger partial charge in [-0.1, -0.05) is 30.0 Å². The van der Waals surface area contributed by atoms with Gasteiger partial charge in [-0.25, -0.2) is 4.68 Å². The molecule has 0 amide bonds. The van der Waals surface area contributed by atoms with E-state index in [1.54, 1.807) is 11.8 Å². The lowest BCUT2D eigenvalue weighted by Crippen LogP contribution is -2.33. The smallest absolute Gasteiger partial charge is 0.210 e. The minimum Gasteiger partial charge on any atom is -0.492 e. The van der Waals surface area contributed by atoms with Gasteiger partial charge in [-0.15, -0.1) is 5.10 Å². The summed E-state index contributed by atoms with van der Waals surface area (Å²) in [4.78, 5) is 0. The SMILES string of the molecule is NC1c2ccccc2OCC1Sc1nnnn1C1CC1. The average molecular weight is 289 g/mol.